The first-order valence-corrected chi connectivity index (χ1v) is 8.52. The average molecular weight is 391 g/mol. The topological polar surface area (TPSA) is 49.2 Å². The second-order valence-corrected chi connectivity index (χ2v) is 6.58. The summed E-state index contributed by atoms with van der Waals surface area (Å²) in [6.45, 7) is 3.42. The number of anilines is 1. The normalized spacial score (nSPS) is 15.5. The Kier molecular flexibility index (Phi) is 6.65. The number of thiocarbonyl (C=S) groups is 1. The zero-order valence-corrected chi connectivity index (χ0v) is 15.4. The summed E-state index contributed by atoms with van der Waals surface area (Å²) < 4.78 is 40.3. The first-order valence-electron chi connectivity index (χ1n) is 8.11. The number of hydrogen-bond donors (Lipinski definition) is 2. The Morgan fingerprint density at radius 1 is 1.31 bits per heavy atom. The van der Waals surface area contributed by atoms with Crippen LogP contribution in [0.5, 0.6) is 5.75 Å². The Bertz CT molecular complexity index is 631. The van der Waals surface area contributed by atoms with E-state index in [9.17, 15) is 18.0 Å². The number of piperazine rings is 1. The van der Waals surface area contributed by atoms with Crippen LogP contribution in [-0.4, -0.2) is 74.0 Å². The number of quaternary nitrogens is 1. The Balaban J connectivity index is 1.83. The lowest BCUT2D eigenvalue weighted by Crippen LogP contribution is -3.12. The fraction of sp³-hybridized carbons (Fsp3) is 0.500. The highest BCUT2D eigenvalue weighted by Crippen LogP contribution is 2.24. The van der Waals surface area contributed by atoms with Gasteiger partial charge in [-0.2, -0.15) is 0 Å². The SMILES string of the molecule is CN(CC(=O)N1CC[NH+](C)CC1)C(=S)Nc1ccc(OC(F)(F)F)cc1. The standard InChI is InChI=1S/C16H21F3N4O2S/c1-21-7-9-23(10-8-21)14(24)11-22(2)15(26)20-12-3-5-13(6-4-12)25-16(17,18)19/h3-6H,7-11H2,1-2H3,(H,20,26)/p+1. The van der Waals surface area contributed by atoms with Crippen molar-refractivity contribution in [1.82, 2.24) is 9.80 Å². The third kappa shape index (κ3) is 6.34. The van der Waals surface area contributed by atoms with Gasteiger partial charge in [0.1, 0.15) is 5.75 Å². The van der Waals surface area contributed by atoms with Crippen LogP contribution in [0.15, 0.2) is 24.3 Å². The Hall–Kier alpha value is -2.07. The highest BCUT2D eigenvalue weighted by Gasteiger charge is 2.31. The van der Waals surface area contributed by atoms with Gasteiger partial charge in [-0.1, -0.05) is 0 Å². The molecule has 0 spiro atoms. The zero-order valence-electron chi connectivity index (χ0n) is 14.6. The fourth-order valence-electron chi connectivity index (χ4n) is 2.47. The number of carbonyl (C=O) groups is 1. The van der Waals surface area contributed by atoms with Gasteiger partial charge in [0.05, 0.1) is 39.8 Å². The van der Waals surface area contributed by atoms with Gasteiger partial charge in [0.25, 0.3) is 0 Å². The molecule has 1 aliphatic rings. The molecular formula is C16H22F3N4O2S+. The lowest BCUT2D eigenvalue weighted by atomic mass is 10.3. The molecule has 26 heavy (non-hydrogen) atoms. The molecule has 10 heteroatoms. The first kappa shape index (κ1) is 20.2. The summed E-state index contributed by atoms with van der Waals surface area (Å²) in [6.07, 6.45) is -4.73. The quantitative estimate of drug-likeness (QED) is 0.735. The molecule has 2 N–H and O–H groups in total. The summed E-state index contributed by atoms with van der Waals surface area (Å²) in [5, 5.41) is 3.20. The van der Waals surface area contributed by atoms with Crippen molar-refractivity contribution in [1.29, 1.82) is 0 Å². The molecule has 0 unspecified atom stereocenters. The van der Waals surface area contributed by atoms with E-state index < -0.39 is 6.36 Å². The van der Waals surface area contributed by atoms with Crippen LogP contribution in [0.3, 0.4) is 0 Å². The summed E-state index contributed by atoms with van der Waals surface area (Å²) in [5.41, 5.74) is 0.507. The lowest BCUT2D eigenvalue weighted by molar-refractivity contribution is -0.883. The Morgan fingerprint density at radius 3 is 2.42 bits per heavy atom. The number of alkyl halides is 3. The smallest absolute Gasteiger partial charge is 0.406 e. The average Bonchev–Trinajstić information content (AvgIpc) is 2.55. The molecule has 144 valence electrons. The van der Waals surface area contributed by atoms with Gasteiger partial charge in [0.15, 0.2) is 5.11 Å². The second kappa shape index (κ2) is 8.54. The van der Waals surface area contributed by atoms with Crippen molar-refractivity contribution in [2.24, 2.45) is 0 Å². The van der Waals surface area contributed by atoms with Crippen molar-refractivity contribution in [3.8, 4) is 5.75 Å². The number of nitrogens with one attached hydrogen (secondary N) is 2. The van der Waals surface area contributed by atoms with Gasteiger partial charge < -0.3 is 24.8 Å². The summed E-state index contributed by atoms with van der Waals surface area (Å²) >= 11 is 5.25. The first-order chi connectivity index (χ1) is 12.1. The number of ether oxygens (including phenoxy) is 1. The largest absolute Gasteiger partial charge is 0.573 e. The van der Waals surface area contributed by atoms with Gasteiger partial charge in [0, 0.05) is 12.7 Å². The fourth-order valence-corrected chi connectivity index (χ4v) is 2.65. The summed E-state index contributed by atoms with van der Waals surface area (Å²) in [5.74, 6) is -0.312. The van der Waals surface area contributed by atoms with E-state index in [1.165, 1.54) is 29.2 Å². The molecule has 1 aromatic rings. The number of amides is 1. The summed E-state index contributed by atoms with van der Waals surface area (Å²) in [6, 6.07) is 5.23. The highest BCUT2D eigenvalue weighted by molar-refractivity contribution is 7.80. The van der Waals surface area contributed by atoms with Gasteiger partial charge in [-0.3, -0.25) is 4.79 Å². The number of rotatable bonds is 4. The minimum atomic E-state index is -4.73. The minimum Gasteiger partial charge on any atom is -0.406 e. The third-order valence-corrected chi connectivity index (χ3v) is 4.44. The molecule has 1 amide bonds. The van der Waals surface area contributed by atoms with Gasteiger partial charge in [-0.15, -0.1) is 13.2 Å². The van der Waals surface area contributed by atoms with Crippen molar-refractivity contribution in [3.05, 3.63) is 24.3 Å². The second-order valence-electron chi connectivity index (χ2n) is 6.20. The van der Waals surface area contributed by atoms with Gasteiger partial charge in [-0.05, 0) is 36.5 Å². The lowest BCUT2D eigenvalue weighted by Gasteiger charge is -2.31. The van der Waals surface area contributed by atoms with Crippen molar-refractivity contribution in [3.63, 3.8) is 0 Å². The molecule has 1 aromatic carbocycles. The molecule has 0 aliphatic carbocycles. The van der Waals surface area contributed by atoms with Gasteiger partial charge >= 0.3 is 6.36 Å². The minimum absolute atomic E-state index is 0.00178. The van der Waals surface area contributed by atoms with Crippen molar-refractivity contribution in [2.75, 3.05) is 52.1 Å². The molecule has 6 nitrogen and oxygen atoms in total. The van der Waals surface area contributed by atoms with Gasteiger partial charge in [-0.25, -0.2) is 0 Å². The van der Waals surface area contributed by atoms with E-state index in [-0.39, 0.29) is 18.2 Å². The molecule has 0 atom stereocenters. The molecule has 0 aromatic heterocycles. The highest BCUT2D eigenvalue weighted by atomic mass is 32.1. The molecule has 1 saturated heterocycles. The third-order valence-electron chi connectivity index (χ3n) is 4.03. The van der Waals surface area contributed by atoms with Crippen LogP contribution in [0.1, 0.15) is 0 Å². The monoisotopic (exact) mass is 391 g/mol. The van der Waals surface area contributed by atoms with Crippen LogP contribution < -0.4 is 15.0 Å². The van der Waals surface area contributed by atoms with E-state index in [0.29, 0.717) is 10.8 Å². The summed E-state index contributed by atoms with van der Waals surface area (Å²) in [4.78, 5) is 17.1. The van der Waals surface area contributed by atoms with E-state index in [2.05, 4.69) is 17.1 Å². The molecule has 0 radical (unpaired) electrons. The van der Waals surface area contributed by atoms with E-state index in [1.54, 1.807) is 11.9 Å². The van der Waals surface area contributed by atoms with Crippen LogP contribution in [0.2, 0.25) is 0 Å². The van der Waals surface area contributed by atoms with E-state index in [0.717, 1.165) is 26.2 Å². The van der Waals surface area contributed by atoms with Crippen LogP contribution in [0.4, 0.5) is 18.9 Å². The van der Waals surface area contributed by atoms with Crippen LogP contribution in [0.25, 0.3) is 0 Å². The van der Waals surface area contributed by atoms with E-state index in [1.807, 2.05) is 4.90 Å². The molecular weight excluding hydrogens is 369 g/mol. The Morgan fingerprint density at radius 2 is 1.88 bits per heavy atom. The van der Waals surface area contributed by atoms with Gasteiger partial charge in [0.2, 0.25) is 5.91 Å². The molecule has 1 aliphatic heterocycles. The summed E-state index contributed by atoms with van der Waals surface area (Å²) in [7, 11) is 3.79. The van der Waals surface area contributed by atoms with Crippen molar-refractivity contribution in [2.45, 2.75) is 6.36 Å². The van der Waals surface area contributed by atoms with E-state index >= 15 is 0 Å². The molecule has 2 rings (SSSR count). The molecule has 0 bridgehead atoms. The predicted molar refractivity (Wildman–Crippen MR) is 95.2 cm³/mol. The maximum absolute atomic E-state index is 12.3. The van der Waals surface area contributed by atoms with Crippen LogP contribution >= 0.6 is 12.2 Å². The van der Waals surface area contributed by atoms with E-state index in [4.69, 9.17) is 12.2 Å². The number of likely N-dealkylation sites (N-methyl/N-ethyl adjacent to an activating group) is 2. The molecule has 1 heterocycles. The molecule has 0 saturated carbocycles. The zero-order chi connectivity index (χ0) is 19.3. The number of benzene rings is 1. The number of carbonyl (C=O) groups excluding carboxylic acids is 1. The van der Waals surface area contributed by atoms with Crippen molar-refractivity contribution >= 4 is 28.9 Å². The number of halogens is 3. The van der Waals surface area contributed by atoms with Crippen LogP contribution in [-0.2, 0) is 4.79 Å². The molecule has 1 fully saturated rings. The van der Waals surface area contributed by atoms with Crippen LogP contribution in [0, 0.1) is 0 Å². The van der Waals surface area contributed by atoms with Crippen molar-refractivity contribution < 1.29 is 27.6 Å². The number of hydrogen-bond acceptors (Lipinski definition) is 3. The number of nitrogens with zero attached hydrogens (tertiary/aromatic N) is 2. The predicted octanol–water partition coefficient (Wildman–Crippen LogP) is 0.571. The maximum atomic E-state index is 12.3. The Labute approximate surface area is 155 Å². The maximum Gasteiger partial charge on any atom is 0.573 e.